The number of aliphatic imine (C=N–C) groups is 1. The minimum absolute atomic E-state index is 0.0165. The molecule has 7 amide bonds. The van der Waals surface area contributed by atoms with Crippen molar-refractivity contribution < 1.29 is 68.4 Å². The van der Waals surface area contributed by atoms with Crippen molar-refractivity contribution in [2.45, 2.75) is 100 Å². The lowest BCUT2D eigenvalue weighted by Gasteiger charge is -2.31. The summed E-state index contributed by atoms with van der Waals surface area (Å²) in [5.41, 5.74) is 16.8. The summed E-state index contributed by atoms with van der Waals surface area (Å²) in [7, 11) is 0. The third kappa shape index (κ3) is 18.5. The number of Topliss-reactive ketones (excluding diaryl/α,β-unsaturated/α-hetero) is 1. The molecule has 3 rings (SSSR count). The Morgan fingerprint density at radius 2 is 1.45 bits per heavy atom. The van der Waals surface area contributed by atoms with E-state index in [2.05, 4.69) is 36.9 Å². The van der Waals surface area contributed by atoms with Crippen molar-refractivity contribution in [1.82, 2.24) is 36.8 Å². The van der Waals surface area contributed by atoms with Gasteiger partial charge in [0.1, 0.15) is 48.0 Å². The van der Waals surface area contributed by atoms with Crippen LogP contribution in [0.5, 0.6) is 5.75 Å². The van der Waals surface area contributed by atoms with Crippen molar-refractivity contribution in [1.29, 1.82) is 0 Å². The fourth-order valence-corrected chi connectivity index (χ4v) is 8.80. The van der Waals surface area contributed by atoms with Crippen LogP contribution < -0.4 is 49.1 Å². The molecule has 0 bridgehead atoms. The van der Waals surface area contributed by atoms with Gasteiger partial charge in [0, 0.05) is 37.4 Å². The molecule has 0 aliphatic carbocycles. The minimum Gasteiger partial charge on any atom is -0.508 e. The van der Waals surface area contributed by atoms with Gasteiger partial charge < -0.3 is 74.4 Å². The molecular formula is C40H59N11O14S2. The highest BCUT2D eigenvalue weighted by Gasteiger charge is 2.40. The zero-order valence-electron chi connectivity index (χ0n) is 36.6. The van der Waals surface area contributed by atoms with E-state index in [-0.39, 0.29) is 73.5 Å². The number of benzene rings is 1. The molecule has 0 aromatic heterocycles. The highest BCUT2D eigenvalue weighted by molar-refractivity contribution is 8.01. The van der Waals surface area contributed by atoms with Crippen LogP contribution in [-0.4, -0.2) is 181 Å². The number of phenols is 1. The summed E-state index contributed by atoms with van der Waals surface area (Å²) in [4.78, 5) is 138. The third-order valence-electron chi connectivity index (χ3n) is 10.3. The second-order valence-corrected chi connectivity index (χ2v) is 17.7. The number of carbonyl (C=O) groups excluding carboxylic acids is 8. The lowest BCUT2D eigenvalue weighted by molar-refractivity contribution is -0.144. The molecule has 27 heteroatoms. The molecule has 8 atom stereocenters. The van der Waals surface area contributed by atoms with Gasteiger partial charge in [-0.2, -0.15) is 23.5 Å². The largest absolute Gasteiger partial charge is 0.508 e. The predicted molar refractivity (Wildman–Crippen MR) is 243 cm³/mol. The number of guanidine groups is 1. The predicted octanol–water partition coefficient (Wildman–Crippen LogP) is -4.77. The molecule has 16 N–H and O–H groups in total. The van der Waals surface area contributed by atoms with Gasteiger partial charge in [0.2, 0.25) is 41.4 Å². The maximum atomic E-state index is 14.4. The van der Waals surface area contributed by atoms with E-state index < -0.39 is 127 Å². The molecule has 0 spiro atoms. The van der Waals surface area contributed by atoms with Crippen LogP contribution in [0.3, 0.4) is 0 Å². The minimum atomic E-state index is -1.77. The summed E-state index contributed by atoms with van der Waals surface area (Å²) in [6.45, 7) is 0.587. The second-order valence-electron chi connectivity index (χ2n) is 15.6. The number of hydrogen-bond donors (Lipinski definition) is 13. The molecule has 0 saturated carbocycles. The fourth-order valence-electron chi connectivity index (χ4n) is 6.85. The Balaban J connectivity index is 2.10. The van der Waals surface area contributed by atoms with Crippen LogP contribution in [0.4, 0.5) is 0 Å². The number of thioether (sulfide) groups is 2. The van der Waals surface area contributed by atoms with Crippen molar-refractivity contribution in [3.8, 4) is 5.75 Å². The van der Waals surface area contributed by atoms with E-state index in [1.807, 2.05) is 0 Å². The number of aromatic hydroxyl groups is 1. The van der Waals surface area contributed by atoms with Crippen LogP contribution in [0.2, 0.25) is 0 Å². The molecule has 2 saturated heterocycles. The molecule has 25 nitrogen and oxygen atoms in total. The van der Waals surface area contributed by atoms with Gasteiger partial charge in [-0.25, -0.2) is 4.79 Å². The maximum Gasteiger partial charge on any atom is 0.327 e. The van der Waals surface area contributed by atoms with Crippen LogP contribution in [0.1, 0.15) is 51.0 Å². The first-order chi connectivity index (χ1) is 31.7. The van der Waals surface area contributed by atoms with Gasteiger partial charge in [0.25, 0.3) is 0 Å². The Kier molecular flexibility index (Phi) is 22.6. The lowest BCUT2D eigenvalue weighted by Crippen LogP contribution is -2.61. The first-order valence-electron chi connectivity index (χ1n) is 21.2. The Bertz CT molecular complexity index is 1990. The summed E-state index contributed by atoms with van der Waals surface area (Å²) in [6, 6.07) is -5.00. The molecule has 67 heavy (non-hydrogen) atoms. The number of aliphatic carboxylic acids is 2. The van der Waals surface area contributed by atoms with Gasteiger partial charge >= 0.3 is 11.9 Å². The number of carboxylic acids is 2. The summed E-state index contributed by atoms with van der Waals surface area (Å²) in [5.74, 6) is -11.1. The standard InChI is InChI=1S/C40H59N11O14S2/c1-20(52)32-37(62)47-24(4-2-12-44-40(42)43)33(58)46-25(10-11-31(56)57)34(59)48-26(14-21-6-8-22(53)9-7-21)38(63)51-13-3-5-29(51)36(61)49-28(39(64)65)19-67-17-23(54)16-66-18-27(35(60)50-32)45-30(55)15-41/h6-9,20,24-29,32,52-53H,2-5,10-19,41H2,1H3,(H,45,55)(H,46,58)(H,47,62)(H,48,59)(H,49,61)(H,50,60)(H,56,57)(H,64,65)(H4,42,43,44)/t20-,24+,25+,26+,27+,28+,29+,32+/m1/s1. The fraction of sp³-hybridized carbons (Fsp3) is 0.575. The molecular weight excluding hydrogens is 923 g/mol. The molecule has 1 aromatic carbocycles. The van der Waals surface area contributed by atoms with E-state index in [1.165, 1.54) is 29.2 Å². The number of aliphatic hydroxyl groups is 1. The van der Waals surface area contributed by atoms with Crippen molar-refractivity contribution in [3.63, 3.8) is 0 Å². The van der Waals surface area contributed by atoms with Crippen LogP contribution in [0, 0.1) is 0 Å². The number of phenolic OH excluding ortho intramolecular Hbond substituents is 1. The van der Waals surface area contributed by atoms with E-state index in [0.29, 0.717) is 12.0 Å². The maximum absolute atomic E-state index is 14.4. The molecule has 2 aliphatic heterocycles. The number of amides is 7. The average Bonchev–Trinajstić information content (AvgIpc) is 3.77. The van der Waals surface area contributed by atoms with Crippen LogP contribution in [0.15, 0.2) is 29.3 Å². The van der Waals surface area contributed by atoms with E-state index in [0.717, 1.165) is 30.4 Å². The number of nitrogens with two attached hydrogens (primary N) is 3. The third-order valence-corrected chi connectivity index (χ3v) is 12.5. The van der Waals surface area contributed by atoms with E-state index >= 15 is 0 Å². The highest BCUT2D eigenvalue weighted by Crippen LogP contribution is 2.22. The first-order valence-corrected chi connectivity index (χ1v) is 23.5. The number of hydrogen-bond acceptors (Lipinski definition) is 16. The zero-order valence-corrected chi connectivity index (χ0v) is 38.3. The first kappa shape index (κ1) is 55.1. The van der Waals surface area contributed by atoms with Crippen molar-refractivity contribution in [2.75, 3.05) is 42.6 Å². The molecule has 0 radical (unpaired) electrons. The highest BCUT2D eigenvalue weighted by atomic mass is 32.2. The number of nitrogens with one attached hydrogen (secondary N) is 6. The summed E-state index contributed by atoms with van der Waals surface area (Å²) in [6.07, 6.45) is -2.81. The van der Waals surface area contributed by atoms with Crippen LogP contribution >= 0.6 is 23.5 Å². The quantitative estimate of drug-likeness (QED) is 0.0501. The van der Waals surface area contributed by atoms with Gasteiger partial charge in [0.15, 0.2) is 11.7 Å². The van der Waals surface area contributed by atoms with Gasteiger partial charge in [0.05, 0.1) is 24.2 Å². The van der Waals surface area contributed by atoms with E-state index in [1.54, 1.807) is 0 Å². The number of fused-ring (bicyclic) bond motifs is 1. The molecule has 370 valence electrons. The molecule has 2 heterocycles. The van der Waals surface area contributed by atoms with Crippen molar-refractivity contribution in [2.24, 2.45) is 22.2 Å². The number of carboxylic acid groups (broad SMARTS) is 2. The smallest absolute Gasteiger partial charge is 0.327 e. The normalized spacial score (nSPS) is 25.0. The second kappa shape index (κ2) is 27.4. The Hall–Kier alpha value is -6.19. The van der Waals surface area contributed by atoms with Crippen molar-refractivity contribution >= 4 is 88.6 Å². The average molecular weight is 982 g/mol. The summed E-state index contributed by atoms with van der Waals surface area (Å²) < 4.78 is 0. The number of rotatable bonds is 13. The van der Waals surface area contributed by atoms with Crippen molar-refractivity contribution in [3.05, 3.63) is 29.8 Å². The molecule has 0 unspecified atom stereocenters. The molecule has 2 fully saturated rings. The lowest BCUT2D eigenvalue weighted by atomic mass is 10.0. The van der Waals surface area contributed by atoms with E-state index in [9.17, 15) is 68.4 Å². The van der Waals surface area contributed by atoms with Gasteiger partial charge in [-0.05, 0) is 56.7 Å². The van der Waals surface area contributed by atoms with Crippen LogP contribution in [-0.2, 0) is 54.4 Å². The number of ketones is 1. The van der Waals surface area contributed by atoms with Gasteiger partial charge in [-0.3, -0.25) is 48.1 Å². The number of aliphatic hydroxyl groups excluding tert-OH is 1. The van der Waals surface area contributed by atoms with E-state index in [4.69, 9.17) is 17.2 Å². The zero-order chi connectivity index (χ0) is 49.8. The Labute approximate surface area is 393 Å². The number of nitrogens with zero attached hydrogens (tertiary/aromatic N) is 2. The molecule has 2 aliphatic rings. The SMILES string of the molecule is C[C@@H](O)[C@@H]1NC(=O)[C@@H](NC(=O)CN)CSCC(=O)CSC[C@@H](C(=O)O)NC(=O)[C@@H]2CCCN2C(=O)[C@H](Cc2ccc(O)cc2)NC(=O)[C@H](CCC(=O)O)NC(=O)[C@H](CCCN=C(N)N)NC1=O. The van der Waals surface area contributed by atoms with Gasteiger partial charge in [-0.15, -0.1) is 0 Å². The summed E-state index contributed by atoms with van der Waals surface area (Å²) >= 11 is 1.81. The topological polar surface area (TPSA) is 417 Å². The summed E-state index contributed by atoms with van der Waals surface area (Å²) in [5, 5.41) is 54.7. The number of carbonyl (C=O) groups is 10. The Morgan fingerprint density at radius 1 is 0.836 bits per heavy atom. The molecule has 1 aromatic rings. The monoisotopic (exact) mass is 981 g/mol. The van der Waals surface area contributed by atoms with Crippen LogP contribution in [0.25, 0.3) is 0 Å². The Morgan fingerprint density at radius 3 is 2.04 bits per heavy atom. The van der Waals surface area contributed by atoms with Gasteiger partial charge in [-0.1, -0.05) is 12.1 Å².